The molecule has 0 amide bonds. The van der Waals surface area contributed by atoms with E-state index in [1.165, 1.54) is 27.8 Å². The zero-order valence-electron chi connectivity index (χ0n) is 17.1. The summed E-state index contributed by atoms with van der Waals surface area (Å²) >= 11 is 1.38. The summed E-state index contributed by atoms with van der Waals surface area (Å²) in [5, 5.41) is 11.9. The molecule has 0 fully saturated rings. The van der Waals surface area contributed by atoms with Gasteiger partial charge in [-0.1, -0.05) is 49.7 Å². The molecule has 0 aliphatic heterocycles. The van der Waals surface area contributed by atoms with E-state index in [2.05, 4.69) is 4.98 Å². The van der Waals surface area contributed by atoms with Crippen LogP contribution in [-0.2, 0) is 16.4 Å². The fraction of sp³-hybridized carbons (Fsp3) is 0.273. The quantitative estimate of drug-likeness (QED) is 0.529. The van der Waals surface area contributed by atoms with E-state index in [9.17, 15) is 18.3 Å². The minimum absolute atomic E-state index is 0.00801. The molecule has 0 saturated carbocycles. The van der Waals surface area contributed by atoms with Crippen molar-refractivity contribution in [3.05, 3.63) is 64.5 Å². The predicted molar refractivity (Wildman–Crippen MR) is 120 cm³/mol. The van der Waals surface area contributed by atoms with Crippen LogP contribution >= 0.6 is 11.3 Å². The first-order chi connectivity index (χ1) is 14.3. The van der Waals surface area contributed by atoms with Crippen LogP contribution in [0.1, 0.15) is 41.8 Å². The van der Waals surface area contributed by atoms with Gasteiger partial charge in [-0.3, -0.25) is 0 Å². The number of aryl methyl sites for hydroxylation is 2. The smallest absolute Gasteiger partial charge is 0.336 e. The van der Waals surface area contributed by atoms with Crippen molar-refractivity contribution in [2.24, 2.45) is 0 Å². The van der Waals surface area contributed by atoms with Crippen molar-refractivity contribution in [3.63, 3.8) is 0 Å². The molecule has 0 aliphatic carbocycles. The first kappa shape index (κ1) is 22.0. The minimum atomic E-state index is -3.96. The molecule has 1 aromatic heterocycles. The molecule has 0 unspecified atom stereocenters. The fourth-order valence-electron chi connectivity index (χ4n) is 3.12. The number of carboxylic acids is 1. The van der Waals surface area contributed by atoms with Crippen molar-refractivity contribution in [3.8, 4) is 10.6 Å². The third-order valence-corrected chi connectivity index (χ3v) is 7.43. The van der Waals surface area contributed by atoms with Crippen LogP contribution in [0.15, 0.2) is 52.7 Å². The molecule has 0 atom stereocenters. The largest absolute Gasteiger partial charge is 0.478 e. The Labute approximate surface area is 180 Å². The molecule has 0 bridgehead atoms. The van der Waals surface area contributed by atoms with Crippen molar-refractivity contribution >= 4 is 33.1 Å². The van der Waals surface area contributed by atoms with Gasteiger partial charge < -0.3 is 5.11 Å². The molecular weight excluding hydrogens is 420 g/mol. The van der Waals surface area contributed by atoms with E-state index in [1.54, 1.807) is 11.4 Å². The molecule has 158 valence electrons. The molecule has 1 N–H and O–H groups in total. The Balaban J connectivity index is 2.03. The summed E-state index contributed by atoms with van der Waals surface area (Å²) in [5.74, 6) is -0.796. The van der Waals surface area contributed by atoms with E-state index >= 15 is 0 Å². The van der Waals surface area contributed by atoms with Gasteiger partial charge >= 0.3 is 5.97 Å². The molecule has 0 saturated heterocycles. The van der Waals surface area contributed by atoms with Crippen molar-refractivity contribution in [1.82, 2.24) is 4.98 Å². The van der Waals surface area contributed by atoms with Crippen molar-refractivity contribution < 1.29 is 18.3 Å². The second kappa shape index (κ2) is 8.97. The second-order valence-electron chi connectivity index (χ2n) is 6.93. The van der Waals surface area contributed by atoms with E-state index in [0.717, 1.165) is 16.1 Å². The molecule has 1 heterocycles. The van der Waals surface area contributed by atoms with Gasteiger partial charge in [0.2, 0.25) is 0 Å². The number of aromatic nitrogens is 1. The highest BCUT2D eigenvalue weighted by atomic mass is 32.2. The maximum absolute atomic E-state index is 13.4. The van der Waals surface area contributed by atoms with Crippen LogP contribution in [-0.4, -0.2) is 31.0 Å². The van der Waals surface area contributed by atoms with E-state index in [-0.39, 0.29) is 17.0 Å². The van der Waals surface area contributed by atoms with Gasteiger partial charge in [0.1, 0.15) is 5.01 Å². The van der Waals surface area contributed by atoms with E-state index < -0.39 is 16.0 Å². The molecular formula is C22H24N2O4S2. The van der Waals surface area contributed by atoms with Crippen LogP contribution in [0.5, 0.6) is 0 Å². The van der Waals surface area contributed by atoms with E-state index in [4.69, 9.17) is 0 Å². The number of hydrogen-bond acceptors (Lipinski definition) is 5. The van der Waals surface area contributed by atoms with Crippen LogP contribution in [0, 0.1) is 6.92 Å². The maximum Gasteiger partial charge on any atom is 0.336 e. The summed E-state index contributed by atoms with van der Waals surface area (Å²) in [4.78, 5) is 16.1. The lowest BCUT2D eigenvalue weighted by atomic mass is 10.1. The molecule has 2 aromatic carbocycles. The van der Waals surface area contributed by atoms with Gasteiger partial charge in [0.15, 0.2) is 5.82 Å². The standard InChI is InChI=1S/C22H24N2O4S2/c1-4-12-24(20-14-29-21(23-20)17-8-6-15(3)7-9-17)30(27,28)18-11-10-16(5-2)19(13-18)22(25)26/h6-11,13-14H,4-5,12H2,1-3H3,(H,25,26). The Kier molecular flexibility index (Phi) is 6.58. The molecule has 3 rings (SSSR count). The SMILES string of the molecule is CCCN(c1csc(-c2ccc(C)cc2)n1)S(=O)(=O)c1ccc(CC)c(C(=O)O)c1. The highest BCUT2D eigenvalue weighted by Gasteiger charge is 2.28. The number of thiazole rings is 1. The monoisotopic (exact) mass is 444 g/mol. The summed E-state index contributed by atoms with van der Waals surface area (Å²) in [6.07, 6.45) is 1.10. The third kappa shape index (κ3) is 4.39. The van der Waals surface area contributed by atoms with E-state index in [1.807, 2.05) is 45.0 Å². The highest BCUT2D eigenvalue weighted by Crippen LogP contribution is 2.31. The van der Waals surface area contributed by atoms with Crippen molar-refractivity contribution in [1.29, 1.82) is 0 Å². The number of carboxylic acid groups (broad SMARTS) is 1. The summed E-state index contributed by atoms with van der Waals surface area (Å²) in [5.41, 5.74) is 2.66. The number of hydrogen-bond donors (Lipinski definition) is 1. The zero-order valence-corrected chi connectivity index (χ0v) is 18.8. The number of anilines is 1. The van der Waals surface area contributed by atoms with Crippen molar-refractivity contribution in [2.45, 2.75) is 38.5 Å². The second-order valence-corrected chi connectivity index (χ2v) is 9.65. The topological polar surface area (TPSA) is 87.6 Å². The van der Waals surface area contributed by atoms with Gasteiger partial charge in [0.05, 0.1) is 10.5 Å². The predicted octanol–water partition coefficient (Wildman–Crippen LogP) is 4.98. The summed E-state index contributed by atoms with van der Waals surface area (Å²) in [6, 6.07) is 12.2. The minimum Gasteiger partial charge on any atom is -0.478 e. The van der Waals surface area contributed by atoms with Crippen LogP contribution in [0.4, 0.5) is 5.82 Å². The Morgan fingerprint density at radius 2 is 1.83 bits per heavy atom. The maximum atomic E-state index is 13.4. The lowest BCUT2D eigenvalue weighted by molar-refractivity contribution is 0.0695. The zero-order chi connectivity index (χ0) is 21.9. The average molecular weight is 445 g/mol. The first-order valence-electron chi connectivity index (χ1n) is 9.69. The molecule has 30 heavy (non-hydrogen) atoms. The first-order valence-corrected chi connectivity index (χ1v) is 12.0. The number of aromatic carboxylic acids is 1. The molecule has 3 aromatic rings. The summed E-state index contributed by atoms with van der Waals surface area (Å²) < 4.78 is 28.0. The number of benzene rings is 2. The van der Waals surface area contributed by atoms with Gasteiger partial charge in [-0.05, 0) is 37.5 Å². The Morgan fingerprint density at radius 3 is 2.43 bits per heavy atom. The number of carbonyl (C=O) groups is 1. The molecule has 8 heteroatoms. The molecule has 6 nitrogen and oxygen atoms in total. The lowest BCUT2D eigenvalue weighted by Crippen LogP contribution is -2.32. The van der Waals surface area contributed by atoms with Crippen LogP contribution in [0.2, 0.25) is 0 Å². The van der Waals surface area contributed by atoms with Crippen molar-refractivity contribution in [2.75, 3.05) is 10.8 Å². The highest BCUT2D eigenvalue weighted by molar-refractivity contribution is 7.92. The van der Waals surface area contributed by atoms with Gasteiger partial charge in [0.25, 0.3) is 10.0 Å². The Bertz CT molecular complexity index is 1150. The Hall–Kier alpha value is -2.71. The summed E-state index contributed by atoms with van der Waals surface area (Å²) in [7, 11) is -3.96. The normalized spacial score (nSPS) is 11.4. The number of rotatable bonds is 8. The van der Waals surface area contributed by atoms with E-state index in [0.29, 0.717) is 24.2 Å². The third-order valence-electron chi connectivity index (χ3n) is 4.75. The molecule has 0 radical (unpaired) electrons. The average Bonchev–Trinajstić information content (AvgIpc) is 3.21. The van der Waals surface area contributed by atoms with Crippen LogP contribution in [0.3, 0.4) is 0 Å². The molecule has 0 aliphatic rings. The van der Waals surface area contributed by atoms with Crippen LogP contribution < -0.4 is 4.31 Å². The van der Waals surface area contributed by atoms with Gasteiger partial charge in [-0.2, -0.15) is 0 Å². The number of sulfonamides is 1. The van der Waals surface area contributed by atoms with Gasteiger partial charge in [0, 0.05) is 17.5 Å². The molecule has 0 spiro atoms. The fourth-order valence-corrected chi connectivity index (χ4v) is 5.53. The summed E-state index contributed by atoms with van der Waals surface area (Å²) in [6.45, 7) is 5.97. The lowest BCUT2D eigenvalue weighted by Gasteiger charge is -2.22. The van der Waals surface area contributed by atoms with Crippen LogP contribution in [0.25, 0.3) is 10.6 Å². The number of nitrogens with zero attached hydrogens (tertiary/aromatic N) is 2. The van der Waals surface area contributed by atoms with Gasteiger partial charge in [-0.15, -0.1) is 11.3 Å². The Morgan fingerprint density at radius 1 is 1.13 bits per heavy atom. The van der Waals surface area contributed by atoms with Gasteiger partial charge in [-0.25, -0.2) is 22.5 Å².